The van der Waals surface area contributed by atoms with E-state index in [1.165, 1.54) is 18.6 Å². The van der Waals surface area contributed by atoms with Gasteiger partial charge in [0.1, 0.15) is 12.0 Å². The van der Waals surface area contributed by atoms with Crippen LogP contribution in [0.4, 0.5) is 4.39 Å². The van der Waals surface area contributed by atoms with Gasteiger partial charge in [-0.3, -0.25) is 14.7 Å². The first-order valence-electron chi connectivity index (χ1n) is 11.0. The highest BCUT2D eigenvalue weighted by Crippen LogP contribution is 2.27. The van der Waals surface area contributed by atoms with Crippen LogP contribution in [0.5, 0.6) is 0 Å². The number of carbonyl (C=O) groups excluding carboxylic acids is 1. The van der Waals surface area contributed by atoms with Crippen molar-refractivity contribution >= 4 is 5.91 Å². The van der Waals surface area contributed by atoms with E-state index in [1.807, 2.05) is 0 Å². The largest absolute Gasteiger partial charge is 0.378 e. The molecule has 0 bridgehead atoms. The minimum atomic E-state index is -0.304. The van der Waals surface area contributed by atoms with E-state index < -0.39 is 0 Å². The van der Waals surface area contributed by atoms with Crippen LogP contribution >= 0.6 is 0 Å². The quantitative estimate of drug-likeness (QED) is 0.781. The molecule has 30 heavy (non-hydrogen) atoms. The normalized spacial score (nSPS) is 25.1. The van der Waals surface area contributed by atoms with Gasteiger partial charge in [-0.1, -0.05) is 12.1 Å². The summed E-state index contributed by atoms with van der Waals surface area (Å²) in [7, 11) is 0. The number of hydrogen-bond donors (Lipinski definition) is 2. The second kappa shape index (κ2) is 9.67. The van der Waals surface area contributed by atoms with Gasteiger partial charge in [0.25, 0.3) is 5.91 Å². The van der Waals surface area contributed by atoms with Gasteiger partial charge in [-0.2, -0.15) is 0 Å². The minimum absolute atomic E-state index is 0.108. The standard InChI is InChI=1S/C24H30FN3O2/c25-20-5-3-4-18(14-20)22-12-9-19(15-26-22)24(30)27-21-10-7-17(8-11-21)16-28-13-2-1-6-23(28)29/h3-5,9,12,14-15,17,21,23,29H,1-2,6-8,10-11,13,16H2,(H,27,30). The molecule has 0 spiro atoms. The van der Waals surface area contributed by atoms with Crippen LogP contribution in [-0.4, -0.2) is 46.3 Å². The zero-order valence-corrected chi connectivity index (χ0v) is 17.3. The molecule has 2 heterocycles. The number of hydrogen-bond acceptors (Lipinski definition) is 4. The van der Waals surface area contributed by atoms with E-state index in [1.54, 1.807) is 30.5 Å². The average molecular weight is 412 g/mol. The molecule has 1 amide bonds. The molecular formula is C24H30FN3O2. The summed E-state index contributed by atoms with van der Waals surface area (Å²) in [4.78, 5) is 19.2. The number of piperidine rings is 1. The van der Waals surface area contributed by atoms with Gasteiger partial charge in [0.05, 0.1) is 11.3 Å². The van der Waals surface area contributed by atoms with Crippen LogP contribution in [0.1, 0.15) is 55.3 Å². The van der Waals surface area contributed by atoms with Gasteiger partial charge >= 0.3 is 0 Å². The number of aliphatic hydroxyl groups is 1. The maximum Gasteiger partial charge on any atom is 0.253 e. The molecular weight excluding hydrogens is 381 g/mol. The van der Waals surface area contributed by atoms with Crippen molar-refractivity contribution in [3.63, 3.8) is 0 Å². The summed E-state index contributed by atoms with van der Waals surface area (Å²) < 4.78 is 13.4. The third-order valence-corrected chi connectivity index (χ3v) is 6.40. The monoisotopic (exact) mass is 411 g/mol. The lowest BCUT2D eigenvalue weighted by Gasteiger charge is -2.37. The number of pyridine rings is 1. The van der Waals surface area contributed by atoms with Crippen molar-refractivity contribution in [3.05, 3.63) is 54.0 Å². The van der Waals surface area contributed by atoms with Gasteiger partial charge in [-0.05, 0) is 75.1 Å². The van der Waals surface area contributed by atoms with Crippen molar-refractivity contribution < 1.29 is 14.3 Å². The fraction of sp³-hybridized carbons (Fsp3) is 0.500. The van der Waals surface area contributed by atoms with Gasteiger partial charge in [0.15, 0.2) is 0 Å². The first kappa shape index (κ1) is 20.9. The molecule has 6 heteroatoms. The predicted molar refractivity (Wildman–Crippen MR) is 114 cm³/mol. The number of aliphatic hydroxyl groups excluding tert-OH is 1. The van der Waals surface area contributed by atoms with Crippen LogP contribution in [0.3, 0.4) is 0 Å². The lowest BCUT2D eigenvalue weighted by Crippen LogP contribution is -2.44. The summed E-state index contributed by atoms with van der Waals surface area (Å²) in [5.41, 5.74) is 1.86. The van der Waals surface area contributed by atoms with Gasteiger partial charge in [0, 0.05) is 30.9 Å². The Bertz CT molecular complexity index is 850. The highest BCUT2D eigenvalue weighted by Gasteiger charge is 2.27. The summed E-state index contributed by atoms with van der Waals surface area (Å²) in [6.07, 6.45) is 8.54. The average Bonchev–Trinajstić information content (AvgIpc) is 2.77. The second-order valence-electron chi connectivity index (χ2n) is 8.60. The number of likely N-dealkylation sites (tertiary alicyclic amines) is 1. The first-order valence-corrected chi connectivity index (χ1v) is 11.0. The molecule has 5 nitrogen and oxygen atoms in total. The van der Waals surface area contributed by atoms with E-state index in [-0.39, 0.29) is 24.0 Å². The number of nitrogens with one attached hydrogen (secondary N) is 1. The first-order chi connectivity index (χ1) is 14.6. The fourth-order valence-corrected chi connectivity index (χ4v) is 4.62. The van der Waals surface area contributed by atoms with Crippen molar-refractivity contribution in [3.8, 4) is 11.3 Å². The maximum atomic E-state index is 13.4. The molecule has 2 aromatic rings. The van der Waals surface area contributed by atoms with E-state index in [9.17, 15) is 14.3 Å². The molecule has 1 aliphatic heterocycles. The molecule has 1 saturated carbocycles. The van der Waals surface area contributed by atoms with Crippen LogP contribution < -0.4 is 5.32 Å². The molecule has 2 aliphatic rings. The fourth-order valence-electron chi connectivity index (χ4n) is 4.62. The number of amides is 1. The van der Waals surface area contributed by atoms with Gasteiger partial charge in [-0.15, -0.1) is 0 Å². The Morgan fingerprint density at radius 1 is 1.13 bits per heavy atom. The van der Waals surface area contributed by atoms with Crippen LogP contribution in [-0.2, 0) is 0 Å². The molecule has 0 radical (unpaired) electrons. The van der Waals surface area contributed by atoms with E-state index in [2.05, 4.69) is 15.2 Å². The highest BCUT2D eigenvalue weighted by molar-refractivity contribution is 5.94. The van der Waals surface area contributed by atoms with Crippen LogP contribution in [0.2, 0.25) is 0 Å². The lowest BCUT2D eigenvalue weighted by molar-refractivity contribution is -0.0351. The lowest BCUT2D eigenvalue weighted by atomic mass is 9.85. The number of halogens is 1. The third kappa shape index (κ3) is 5.24. The molecule has 4 rings (SSSR count). The zero-order valence-electron chi connectivity index (χ0n) is 17.3. The van der Waals surface area contributed by atoms with E-state index in [4.69, 9.17) is 0 Å². The summed E-state index contributed by atoms with van der Waals surface area (Å²) in [5, 5.41) is 13.3. The molecule has 1 aromatic heterocycles. The molecule has 2 N–H and O–H groups in total. The maximum absolute atomic E-state index is 13.4. The molecule has 160 valence electrons. The third-order valence-electron chi connectivity index (χ3n) is 6.40. The molecule has 1 saturated heterocycles. The van der Waals surface area contributed by atoms with Crippen molar-refractivity contribution in [2.75, 3.05) is 13.1 Å². The SMILES string of the molecule is O=C(NC1CCC(CN2CCCCC2O)CC1)c1ccc(-c2cccc(F)c2)nc1. The van der Waals surface area contributed by atoms with E-state index in [0.29, 0.717) is 22.7 Å². The van der Waals surface area contributed by atoms with Crippen LogP contribution in [0.15, 0.2) is 42.6 Å². The Morgan fingerprint density at radius 2 is 1.97 bits per heavy atom. The van der Waals surface area contributed by atoms with Gasteiger partial charge in [0.2, 0.25) is 0 Å². The van der Waals surface area contributed by atoms with Crippen LogP contribution in [0.25, 0.3) is 11.3 Å². The zero-order chi connectivity index (χ0) is 20.9. The topological polar surface area (TPSA) is 65.5 Å². The summed E-state index contributed by atoms with van der Waals surface area (Å²) in [6.45, 7) is 1.96. The Balaban J connectivity index is 1.26. The van der Waals surface area contributed by atoms with E-state index >= 15 is 0 Å². The smallest absolute Gasteiger partial charge is 0.253 e. The van der Waals surface area contributed by atoms with Crippen molar-refractivity contribution in [1.82, 2.24) is 15.2 Å². The Morgan fingerprint density at radius 3 is 2.67 bits per heavy atom. The van der Waals surface area contributed by atoms with Crippen molar-refractivity contribution in [1.29, 1.82) is 0 Å². The predicted octanol–water partition coefficient (Wildman–Crippen LogP) is 3.98. The second-order valence-corrected chi connectivity index (χ2v) is 8.60. The Hall–Kier alpha value is -2.31. The minimum Gasteiger partial charge on any atom is -0.378 e. The van der Waals surface area contributed by atoms with Crippen LogP contribution in [0, 0.1) is 11.7 Å². The number of nitrogens with zero attached hydrogens (tertiary/aromatic N) is 2. The van der Waals surface area contributed by atoms with Crippen molar-refractivity contribution in [2.45, 2.75) is 57.2 Å². The highest BCUT2D eigenvalue weighted by atomic mass is 19.1. The summed E-state index contributed by atoms with van der Waals surface area (Å²) in [6, 6.07) is 9.96. The molecule has 1 atom stereocenters. The molecule has 2 fully saturated rings. The summed E-state index contributed by atoms with van der Waals surface area (Å²) >= 11 is 0. The molecule has 1 unspecified atom stereocenters. The molecule has 1 aliphatic carbocycles. The van der Waals surface area contributed by atoms with Gasteiger partial charge < -0.3 is 10.4 Å². The van der Waals surface area contributed by atoms with Crippen molar-refractivity contribution in [2.24, 2.45) is 5.92 Å². The Kier molecular flexibility index (Phi) is 6.75. The number of aromatic nitrogens is 1. The Labute approximate surface area is 177 Å². The molecule has 1 aromatic carbocycles. The van der Waals surface area contributed by atoms with Gasteiger partial charge in [-0.25, -0.2) is 4.39 Å². The number of benzene rings is 1. The number of carbonyl (C=O) groups is 1. The summed E-state index contributed by atoms with van der Waals surface area (Å²) in [5.74, 6) is 0.183. The number of rotatable bonds is 5. The van der Waals surface area contributed by atoms with E-state index in [0.717, 1.165) is 51.6 Å².